The second-order valence-corrected chi connectivity index (χ2v) is 3.12. The first-order valence-electron chi connectivity index (χ1n) is 4.28. The minimum absolute atomic E-state index is 0.345. The molecule has 0 aromatic carbocycles. The Hall–Kier alpha value is -1.47. The zero-order chi connectivity index (χ0) is 12.0. The molecule has 0 unspecified atom stereocenters. The van der Waals surface area contributed by atoms with Gasteiger partial charge in [-0.2, -0.15) is 0 Å². The predicted molar refractivity (Wildman–Crippen MR) is 51.1 cm³/mol. The van der Waals surface area contributed by atoms with Crippen molar-refractivity contribution in [2.75, 3.05) is 0 Å². The van der Waals surface area contributed by atoms with Crippen LogP contribution >= 0.6 is 0 Å². The lowest BCUT2D eigenvalue weighted by Gasteiger charge is -2.16. The molecule has 7 nitrogen and oxygen atoms in total. The van der Waals surface area contributed by atoms with Crippen molar-refractivity contribution in [2.45, 2.75) is 31.5 Å². The quantitative estimate of drug-likeness (QED) is 0.379. The van der Waals surface area contributed by atoms with E-state index in [2.05, 4.69) is 5.32 Å². The predicted octanol–water partition coefficient (Wildman–Crippen LogP) is -2.84. The van der Waals surface area contributed by atoms with Crippen LogP contribution in [0.3, 0.4) is 0 Å². The third kappa shape index (κ3) is 5.08. The van der Waals surface area contributed by atoms with Gasteiger partial charge in [-0.05, 0) is 6.92 Å². The van der Waals surface area contributed by atoms with E-state index in [1.807, 2.05) is 0 Å². The molecule has 0 aromatic rings. The molecule has 1 radical (unpaired) electrons. The van der Waals surface area contributed by atoms with Crippen LogP contribution in [-0.4, -0.2) is 41.4 Å². The number of rotatable bonds is 6. The van der Waals surface area contributed by atoms with Gasteiger partial charge < -0.3 is 21.9 Å². The van der Waals surface area contributed by atoms with Gasteiger partial charge in [-0.25, -0.2) is 0 Å². The third-order valence-corrected chi connectivity index (χ3v) is 1.69. The van der Waals surface area contributed by atoms with Gasteiger partial charge in [0.2, 0.25) is 18.1 Å². The Morgan fingerprint density at radius 2 is 2.07 bits per heavy atom. The van der Waals surface area contributed by atoms with E-state index in [1.165, 1.54) is 13.2 Å². The van der Waals surface area contributed by atoms with Crippen molar-refractivity contribution in [3.63, 3.8) is 0 Å². The SMILES string of the molecule is C[C@@H](O)[C@H](N)C(=O)N[C@H]([C]=O)CC(N)=O. The highest BCUT2D eigenvalue weighted by molar-refractivity contribution is 5.87. The van der Waals surface area contributed by atoms with Crippen molar-refractivity contribution in [2.24, 2.45) is 11.5 Å². The van der Waals surface area contributed by atoms with Crippen LogP contribution in [0.25, 0.3) is 0 Å². The molecule has 0 spiro atoms. The van der Waals surface area contributed by atoms with Crippen LogP contribution in [0.15, 0.2) is 0 Å². The summed E-state index contributed by atoms with van der Waals surface area (Å²) in [5.41, 5.74) is 10.1. The van der Waals surface area contributed by atoms with Crippen LogP contribution in [0.2, 0.25) is 0 Å². The van der Waals surface area contributed by atoms with E-state index in [9.17, 15) is 14.4 Å². The number of hydrogen-bond acceptors (Lipinski definition) is 5. The highest BCUT2D eigenvalue weighted by Gasteiger charge is 2.22. The molecule has 6 N–H and O–H groups in total. The van der Waals surface area contributed by atoms with Gasteiger partial charge in [0.25, 0.3) is 0 Å². The van der Waals surface area contributed by atoms with Gasteiger partial charge in [0.1, 0.15) is 12.1 Å². The monoisotopic (exact) mass is 216 g/mol. The fourth-order valence-electron chi connectivity index (χ4n) is 0.810. The van der Waals surface area contributed by atoms with Crippen LogP contribution in [-0.2, 0) is 14.4 Å². The van der Waals surface area contributed by atoms with Crippen LogP contribution in [0, 0.1) is 0 Å². The number of carbonyl (C=O) groups is 2. The first kappa shape index (κ1) is 13.5. The van der Waals surface area contributed by atoms with Crippen molar-refractivity contribution >= 4 is 18.1 Å². The average Bonchev–Trinajstić information content (AvgIpc) is 2.14. The molecule has 85 valence electrons. The maximum absolute atomic E-state index is 11.2. The molecule has 0 rings (SSSR count). The Labute approximate surface area is 86.8 Å². The van der Waals surface area contributed by atoms with Gasteiger partial charge in [0.15, 0.2) is 0 Å². The molecular weight excluding hydrogens is 202 g/mol. The standard InChI is InChI=1S/C8H14N3O4/c1-4(13)7(10)8(15)11-5(3-12)2-6(9)14/h4-5,7,13H,2,10H2,1H3,(H2,9,14)(H,11,15)/t4-,5+,7+/m1/s1. The molecule has 7 heteroatoms. The lowest BCUT2D eigenvalue weighted by molar-refractivity contribution is -0.125. The van der Waals surface area contributed by atoms with Gasteiger partial charge in [-0.3, -0.25) is 14.4 Å². The summed E-state index contributed by atoms with van der Waals surface area (Å²) in [6.45, 7) is 1.33. The van der Waals surface area contributed by atoms with E-state index in [0.29, 0.717) is 0 Å². The summed E-state index contributed by atoms with van der Waals surface area (Å²) >= 11 is 0. The molecule has 0 saturated heterocycles. The third-order valence-electron chi connectivity index (χ3n) is 1.69. The first-order chi connectivity index (χ1) is 6.88. The Morgan fingerprint density at radius 3 is 2.40 bits per heavy atom. The Balaban J connectivity index is 4.24. The van der Waals surface area contributed by atoms with Crippen LogP contribution < -0.4 is 16.8 Å². The molecule has 0 bridgehead atoms. The summed E-state index contributed by atoms with van der Waals surface area (Å²) in [6.07, 6.45) is 0.0425. The molecule has 15 heavy (non-hydrogen) atoms. The van der Waals surface area contributed by atoms with Gasteiger partial charge in [0, 0.05) is 0 Å². The molecule has 0 aliphatic heterocycles. The van der Waals surface area contributed by atoms with Gasteiger partial charge in [-0.15, -0.1) is 0 Å². The Bertz CT molecular complexity index is 254. The fourth-order valence-corrected chi connectivity index (χ4v) is 0.810. The van der Waals surface area contributed by atoms with E-state index in [1.54, 1.807) is 0 Å². The fraction of sp³-hybridized carbons (Fsp3) is 0.625. The number of carbonyl (C=O) groups excluding carboxylic acids is 3. The van der Waals surface area contributed by atoms with E-state index in [0.717, 1.165) is 0 Å². The lowest BCUT2D eigenvalue weighted by atomic mass is 10.1. The summed E-state index contributed by atoms with van der Waals surface area (Å²) in [7, 11) is 0. The number of aliphatic hydroxyl groups is 1. The smallest absolute Gasteiger partial charge is 0.240 e. The molecule has 0 aliphatic rings. The lowest BCUT2D eigenvalue weighted by Crippen LogP contribution is -2.51. The van der Waals surface area contributed by atoms with Gasteiger partial charge in [0.05, 0.1) is 12.5 Å². The summed E-state index contributed by atoms with van der Waals surface area (Å²) in [5.74, 6) is -1.48. The number of hydrogen-bond donors (Lipinski definition) is 4. The van der Waals surface area contributed by atoms with Crippen molar-refractivity contribution in [1.82, 2.24) is 5.32 Å². The van der Waals surface area contributed by atoms with Crippen molar-refractivity contribution < 1.29 is 19.5 Å². The van der Waals surface area contributed by atoms with E-state index in [-0.39, 0.29) is 6.42 Å². The highest BCUT2D eigenvalue weighted by atomic mass is 16.3. The van der Waals surface area contributed by atoms with Crippen molar-refractivity contribution in [3.05, 3.63) is 0 Å². The summed E-state index contributed by atoms with van der Waals surface area (Å²) in [4.78, 5) is 32.0. The number of nitrogens with two attached hydrogens (primary N) is 2. The molecule has 0 aromatic heterocycles. The number of aliphatic hydroxyl groups excluding tert-OH is 1. The maximum Gasteiger partial charge on any atom is 0.240 e. The van der Waals surface area contributed by atoms with Crippen LogP contribution in [0.4, 0.5) is 0 Å². The Kier molecular flexibility index (Phi) is 5.50. The molecule has 3 atom stereocenters. The van der Waals surface area contributed by atoms with E-state index >= 15 is 0 Å². The topological polar surface area (TPSA) is 136 Å². The van der Waals surface area contributed by atoms with E-state index < -0.39 is 30.0 Å². The van der Waals surface area contributed by atoms with Crippen LogP contribution in [0.5, 0.6) is 0 Å². The molecule has 0 saturated carbocycles. The second kappa shape index (κ2) is 6.10. The molecule has 2 amide bonds. The largest absolute Gasteiger partial charge is 0.391 e. The molecule has 0 fully saturated rings. The zero-order valence-corrected chi connectivity index (χ0v) is 8.27. The molecular formula is C8H14N3O4. The zero-order valence-electron chi connectivity index (χ0n) is 8.27. The van der Waals surface area contributed by atoms with Crippen molar-refractivity contribution in [1.29, 1.82) is 0 Å². The summed E-state index contributed by atoms with van der Waals surface area (Å²) < 4.78 is 0. The maximum atomic E-state index is 11.2. The van der Waals surface area contributed by atoms with Gasteiger partial charge in [-0.1, -0.05) is 0 Å². The van der Waals surface area contributed by atoms with E-state index in [4.69, 9.17) is 16.6 Å². The average molecular weight is 216 g/mol. The number of amides is 2. The summed E-state index contributed by atoms with van der Waals surface area (Å²) in [5, 5.41) is 11.1. The number of nitrogens with one attached hydrogen (secondary N) is 1. The van der Waals surface area contributed by atoms with Crippen molar-refractivity contribution in [3.8, 4) is 0 Å². The number of primary amides is 1. The van der Waals surface area contributed by atoms with Gasteiger partial charge >= 0.3 is 0 Å². The highest BCUT2D eigenvalue weighted by Crippen LogP contribution is 1.92. The summed E-state index contributed by atoms with van der Waals surface area (Å²) in [6, 6.07) is -2.28. The second-order valence-electron chi connectivity index (χ2n) is 3.12. The minimum atomic E-state index is -1.16. The minimum Gasteiger partial charge on any atom is -0.391 e. The molecule has 0 heterocycles. The van der Waals surface area contributed by atoms with Crippen LogP contribution in [0.1, 0.15) is 13.3 Å². The normalized spacial score (nSPS) is 16.2. The Morgan fingerprint density at radius 1 is 1.53 bits per heavy atom. The molecule has 0 aliphatic carbocycles. The first-order valence-corrected chi connectivity index (χ1v) is 4.28.